The quantitative estimate of drug-likeness (QED) is 0.531. The number of hydrogen-bond donors (Lipinski definition) is 1. The summed E-state index contributed by atoms with van der Waals surface area (Å²) in [5.41, 5.74) is 0.943. The van der Waals surface area contributed by atoms with E-state index in [0.717, 1.165) is 29.7 Å². The molecule has 9 heteroatoms. The van der Waals surface area contributed by atoms with Gasteiger partial charge in [-0.1, -0.05) is 68.7 Å². The standard InChI is InChI=1S/C15H19F3O2.C11H11NO3/c1-11(14(19)8-3-2-4-9-14)12-6-5-7-13(10-12)20-15(16,17)18;13-8-12-10(7-15-11(12)14)6-9-4-2-1-3-5-9/h5-7,10-11,19H,2-4,8-9H2,1H3;1-5,8,10H,6-7H2. The summed E-state index contributed by atoms with van der Waals surface area (Å²) in [6.45, 7) is 2.14. The monoisotopic (exact) mass is 493 g/mol. The number of benzene rings is 2. The fraction of sp³-hybridized carbons (Fsp3) is 0.462. The van der Waals surface area contributed by atoms with Crippen LogP contribution in [0.2, 0.25) is 0 Å². The number of rotatable bonds is 6. The van der Waals surface area contributed by atoms with Crippen molar-refractivity contribution in [3.63, 3.8) is 0 Å². The largest absolute Gasteiger partial charge is 0.573 e. The minimum atomic E-state index is -4.69. The average molecular weight is 494 g/mol. The number of imide groups is 1. The summed E-state index contributed by atoms with van der Waals surface area (Å²) >= 11 is 0. The van der Waals surface area contributed by atoms with E-state index in [1.54, 1.807) is 6.07 Å². The number of carbonyl (C=O) groups is 2. The Balaban J connectivity index is 0.000000203. The van der Waals surface area contributed by atoms with Crippen LogP contribution in [-0.2, 0) is 16.0 Å². The van der Waals surface area contributed by atoms with Crippen LogP contribution in [0, 0.1) is 0 Å². The third-order valence-electron chi connectivity index (χ3n) is 6.55. The number of ether oxygens (including phenoxy) is 2. The van der Waals surface area contributed by atoms with E-state index in [1.165, 1.54) is 18.2 Å². The van der Waals surface area contributed by atoms with Crippen molar-refractivity contribution < 1.29 is 37.3 Å². The second-order valence-corrected chi connectivity index (χ2v) is 8.94. The molecule has 2 aromatic rings. The van der Waals surface area contributed by atoms with Crippen molar-refractivity contribution in [2.75, 3.05) is 6.61 Å². The summed E-state index contributed by atoms with van der Waals surface area (Å²) in [7, 11) is 0. The van der Waals surface area contributed by atoms with E-state index in [4.69, 9.17) is 4.74 Å². The molecular weight excluding hydrogens is 463 g/mol. The van der Waals surface area contributed by atoms with Crippen LogP contribution in [0.25, 0.3) is 0 Å². The molecule has 2 atom stereocenters. The first kappa shape index (κ1) is 26.5. The summed E-state index contributed by atoms with van der Waals surface area (Å²) in [4.78, 5) is 22.8. The molecule has 2 unspecified atom stereocenters. The highest BCUT2D eigenvalue weighted by Crippen LogP contribution is 2.40. The predicted molar refractivity (Wildman–Crippen MR) is 123 cm³/mol. The SMILES string of the molecule is CC(c1cccc(OC(F)(F)F)c1)C1(O)CCCCC1.O=CN1C(=O)OCC1Cc1ccccc1. The Morgan fingerprint density at radius 2 is 1.83 bits per heavy atom. The highest BCUT2D eigenvalue weighted by molar-refractivity contribution is 5.82. The fourth-order valence-electron chi connectivity index (χ4n) is 4.53. The lowest BCUT2D eigenvalue weighted by Gasteiger charge is -2.37. The van der Waals surface area contributed by atoms with Crippen molar-refractivity contribution in [2.24, 2.45) is 0 Å². The molecule has 1 saturated heterocycles. The molecule has 2 fully saturated rings. The Hall–Kier alpha value is -3.07. The molecule has 0 bridgehead atoms. The van der Waals surface area contributed by atoms with Crippen LogP contribution in [0.3, 0.4) is 0 Å². The van der Waals surface area contributed by atoms with Crippen LogP contribution < -0.4 is 4.74 Å². The molecule has 1 aliphatic carbocycles. The van der Waals surface area contributed by atoms with Gasteiger partial charge in [0, 0.05) is 5.92 Å². The molecule has 2 aliphatic rings. The fourth-order valence-corrected chi connectivity index (χ4v) is 4.53. The van der Waals surface area contributed by atoms with E-state index in [2.05, 4.69) is 4.74 Å². The van der Waals surface area contributed by atoms with Gasteiger partial charge in [0.1, 0.15) is 12.4 Å². The maximum atomic E-state index is 12.2. The third kappa shape index (κ3) is 7.45. The van der Waals surface area contributed by atoms with Gasteiger partial charge in [-0.3, -0.25) is 4.79 Å². The van der Waals surface area contributed by atoms with Crippen LogP contribution in [0.4, 0.5) is 18.0 Å². The lowest BCUT2D eigenvalue weighted by atomic mass is 9.74. The third-order valence-corrected chi connectivity index (χ3v) is 6.55. The van der Waals surface area contributed by atoms with Crippen LogP contribution >= 0.6 is 0 Å². The average Bonchev–Trinajstić information content (AvgIpc) is 3.18. The molecule has 4 rings (SSSR count). The Labute approximate surface area is 202 Å². The van der Waals surface area contributed by atoms with Crippen LogP contribution in [0.15, 0.2) is 54.6 Å². The van der Waals surface area contributed by atoms with Crippen molar-refractivity contribution in [3.8, 4) is 5.75 Å². The van der Waals surface area contributed by atoms with Gasteiger partial charge in [0.05, 0.1) is 11.6 Å². The zero-order valence-electron chi connectivity index (χ0n) is 19.5. The van der Waals surface area contributed by atoms with E-state index in [1.807, 2.05) is 37.3 Å². The molecule has 1 saturated carbocycles. The number of nitrogens with zero attached hydrogens (tertiary/aromatic N) is 1. The maximum Gasteiger partial charge on any atom is 0.573 e. The lowest BCUT2D eigenvalue weighted by molar-refractivity contribution is -0.274. The van der Waals surface area contributed by atoms with Gasteiger partial charge in [0.2, 0.25) is 6.41 Å². The van der Waals surface area contributed by atoms with Gasteiger partial charge < -0.3 is 14.6 Å². The second-order valence-electron chi connectivity index (χ2n) is 8.94. The van der Waals surface area contributed by atoms with E-state index in [-0.39, 0.29) is 24.3 Å². The lowest BCUT2D eigenvalue weighted by Crippen LogP contribution is -2.37. The summed E-state index contributed by atoms with van der Waals surface area (Å²) in [5.74, 6) is -0.444. The Bertz CT molecular complexity index is 976. The molecule has 0 aromatic heterocycles. The van der Waals surface area contributed by atoms with Crippen LogP contribution in [-0.4, -0.2) is 47.1 Å². The molecule has 0 spiro atoms. The molecule has 2 aromatic carbocycles. The first-order valence-corrected chi connectivity index (χ1v) is 11.6. The van der Waals surface area contributed by atoms with Crippen molar-refractivity contribution in [1.29, 1.82) is 0 Å². The Morgan fingerprint density at radius 1 is 1.14 bits per heavy atom. The Kier molecular flexibility index (Phi) is 8.77. The maximum absolute atomic E-state index is 12.2. The van der Waals surface area contributed by atoms with E-state index in [9.17, 15) is 27.9 Å². The summed E-state index contributed by atoms with van der Waals surface area (Å²) in [6, 6.07) is 15.4. The summed E-state index contributed by atoms with van der Waals surface area (Å²) in [6.07, 6.45) is 0.339. The molecule has 1 heterocycles. The first-order chi connectivity index (χ1) is 16.6. The molecule has 6 nitrogen and oxygen atoms in total. The molecule has 2 amide bonds. The summed E-state index contributed by atoms with van der Waals surface area (Å²) in [5, 5.41) is 10.7. The number of hydrogen-bond acceptors (Lipinski definition) is 5. The molecule has 35 heavy (non-hydrogen) atoms. The van der Waals surface area contributed by atoms with E-state index in [0.29, 0.717) is 31.2 Å². The van der Waals surface area contributed by atoms with Gasteiger partial charge >= 0.3 is 12.5 Å². The highest BCUT2D eigenvalue weighted by Gasteiger charge is 2.37. The van der Waals surface area contributed by atoms with Crippen molar-refractivity contribution in [1.82, 2.24) is 4.90 Å². The number of alkyl halides is 3. The van der Waals surface area contributed by atoms with Gasteiger partial charge in [-0.25, -0.2) is 9.69 Å². The topological polar surface area (TPSA) is 76.1 Å². The van der Waals surface area contributed by atoms with Crippen molar-refractivity contribution in [3.05, 3.63) is 65.7 Å². The number of halogens is 3. The number of cyclic esters (lactones) is 1. The molecular formula is C26H30F3NO5. The van der Waals surface area contributed by atoms with Gasteiger partial charge in [-0.05, 0) is 42.5 Å². The number of aliphatic hydroxyl groups is 1. The minimum Gasteiger partial charge on any atom is -0.447 e. The minimum absolute atomic E-state index is 0.169. The Morgan fingerprint density at radius 3 is 2.46 bits per heavy atom. The van der Waals surface area contributed by atoms with E-state index >= 15 is 0 Å². The smallest absolute Gasteiger partial charge is 0.447 e. The summed E-state index contributed by atoms with van der Waals surface area (Å²) < 4.78 is 45.4. The van der Waals surface area contributed by atoms with Gasteiger partial charge in [0.25, 0.3) is 0 Å². The second kappa shape index (κ2) is 11.6. The van der Waals surface area contributed by atoms with Crippen LogP contribution in [0.1, 0.15) is 56.1 Å². The molecule has 190 valence electrons. The van der Waals surface area contributed by atoms with Gasteiger partial charge in [0.15, 0.2) is 0 Å². The van der Waals surface area contributed by atoms with Crippen LogP contribution in [0.5, 0.6) is 5.75 Å². The first-order valence-electron chi connectivity index (χ1n) is 11.6. The zero-order chi connectivity index (χ0) is 25.5. The molecule has 1 aliphatic heterocycles. The van der Waals surface area contributed by atoms with Gasteiger partial charge in [-0.15, -0.1) is 13.2 Å². The zero-order valence-corrected chi connectivity index (χ0v) is 19.5. The predicted octanol–water partition coefficient (Wildman–Crippen LogP) is 5.59. The number of carbonyl (C=O) groups excluding carboxylic acids is 2. The molecule has 0 radical (unpaired) electrons. The number of amides is 2. The van der Waals surface area contributed by atoms with Crippen molar-refractivity contribution >= 4 is 12.5 Å². The van der Waals surface area contributed by atoms with Crippen molar-refractivity contribution in [2.45, 2.75) is 69.4 Å². The molecule has 1 N–H and O–H groups in total. The highest BCUT2D eigenvalue weighted by atomic mass is 19.4. The van der Waals surface area contributed by atoms with Gasteiger partial charge in [-0.2, -0.15) is 0 Å². The van der Waals surface area contributed by atoms with E-state index < -0.39 is 18.1 Å². The normalized spacial score (nSPS) is 20.3.